The number of carbonyl (C=O) groups excluding carboxylic acids is 1. The molecule has 1 aromatic heterocycles. The van der Waals surface area contributed by atoms with Crippen LogP contribution in [0.15, 0.2) is 28.7 Å². The molecule has 0 aliphatic rings. The smallest absolute Gasteiger partial charge is 0.287 e. The van der Waals surface area contributed by atoms with Crippen LogP contribution in [0.2, 0.25) is 0 Å². The van der Waals surface area contributed by atoms with Crippen molar-refractivity contribution < 1.29 is 18.7 Å². The zero-order valence-corrected chi connectivity index (χ0v) is 13.0. The summed E-state index contributed by atoms with van der Waals surface area (Å²) in [4.78, 5) is 12.3. The minimum Gasteiger partial charge on any atom is -0.451 e. The Balaban J connectivity index is 1.99. The molecule has 22 heavy (non-hydrogen) atoms. The van der Waals surface area contributed by atoms with Crippen molar-refractivity contribution in [2.45, 2.75) is 6.61 Å². The van der Waals surface area contributed by atoms with Crippen LogP contribution >= 0.6 is 0 Å². The van der Waals surface area contributed by atoms with Gasteiger partial charge in [-0.25, -0.2) is 0 Å². The third kappa shape index (κ3) is 4.07. The van der Waals surface area contributed by atoms with E-state index in [0.717, 1.165) is 17.5 Å². The minimum atomic E-state index is -0.225. The molecule has 2 aromatic rings. The molecule has 0 unspecified atom stereocenters. The molecule has 2 N–H and O–H groups in total. The van der Waals surface area contributed by atoms with Crippen molar-refractivity contribution in [3.05, 3.63) is 35.6 Å². The quantitative estimate of drug-likeness (QED) is 0.688. The first-order valence-electron chi connectivity index (χ1n) is 7.25. The summed E-state index contributed by atoms with van der Waals surface area (Å²) in [5.41, 5.74) is 1.47. The molecule has 0 atom stereocenters. The van der Waals surface area contributed by atoms with E-state index in [9.17, 15) is 4.79 Å². The molecule has 0 spiro atoms. The molecule has 6 nitrogen and oxygen atoms in total. The maximum atomic E-state index is 12.3. The van der Waals surface area contributed by atoms with Gasteiger partial charge in [0.15, 0.2) is 5.76 Å². The van der Waals surface area contributed by atoms with Gasteiger partial charge in [-0.15, -0.1) is 0 Å². The Morgan fingerprint density at radius 3 is 2.73 bits per heavy atom. The van der Waals surface area contributed by atoms with Gasteiger partial charge in [0.2, 0.25) is 0 Å². The fourth-order valence-corrected chi connectivity index (χ4v) is 2.21. The highest BCUT2D eigenvalue weighted by Crippen LogP contribution is 2.26. The third-order valence-electron chi connectivity index (χ3n) is 3.26. The summed E-state index contributed by atoms with van der Waals surface area (Å²) < 4.78 is 15.8. The summed E-state index contributed by atoms with van der Waals surface area (Å²) in [5.74, 6) is 0.0942. The second-order valence-corrected chi connectivity index (χ2v) is 4.84. The van der Waals surface area contributed by atoms with Gasteiger partial charge in [-0.2, -0.15) is 0 Å². The van der Waals surface area contributed by atoms with Gasteiger partial charge in [-0.3, -0.25) is 4.79 Å². The highest BCUT2D eigenvalue weighted by Gasteiger charge is 2.19. The van der Waals surface area contributed by atoms with Crippen molar-refractivity contribution in [1.82, 2.24) is 10.6 Å². The summed E-state index contributed by atoms with van der Waals surface area (Å²) in [5, 5.41) is 6.92. The van der Waals surface area contributed by atoms with Gasteiger partial charge in [0.25, 0.3) is 5.91 Å². The number of benzene rings is 1. The van der Waals surface area contributed by atoms with Gasteiger partial charge >= 0.3 is 0 Å². The number of fused-ring (bicyclic) bond motifs is 1. The van der Waals surface area contributed by atoms with Gasteiger partial charge in [0, 0.05) is 44.8 Å². The Morgan fingerprint density at radius 2 is 1.95 bits per heavy atom. The van der Waals surface area contributed by atoms with Gasteiger partial charge < -0.3 is 24.5 Å². The highest BCUT2D eigenvalue weighted by atomic mass is 16.5. The molecular weight excluding hydrogens is 284 g/mol. The number of hydrogen-bond acceptors (Lipinski definition) is 5. The molecule has 120 valence electrons. The number of nitrogens with one attached hydrogen (secondary N) is 2. The van der Waals surface area contributed by atoms with Crippen LogP contribution in [0.4, 0.5) is 0 Å². The Labute approximate surface area is 129 Å². The summed E-state index contributed by atoms with van der Waals surface area (Å²) in [6, 6.07) is 7.57. The summed E-state index contributed by atoms with van der Waals surface area (Å²) in [6.45, 7) is 2.94. The van der Waals surface area contributed by atoms with Crippen LogP contribution in [-0.4, -0.2) is 46.4 Å². The first-order chi connectivity index (χ1) is 10.8. The fourth-order valence-electron chi connectivity index (χ4n) is 2.21. The predicted molar refractivity (Wildman–Crippen MR) is 84.0 cm³/mol. The number of rotatable bonds is 9. The number of para-hydroxylation sites is 1. The number of amides is 1. The Kier molecular flexibility index (Phi) is 6.39. The van der Waals surface area contributed by atoms with Crippen LogP contribution in [0.5, 0.6) is 0 Å². The fraction of sp³-hybridized carbons (Fsp3) is 0.438. The van der Waals surface area contributed by atoms with E-state index in [1.807, 2.05) is 24.3 Å². The Morgan fingerprint density at radius 1 is 1.14 bits per heavy atom. The van der Waals surface area contributed by atoms with E-state index < -0.39 is 0 Å². The van der Waals surface area contributed by atoms with Crippen LogP contribution in [0.25, 0.3) is 11.0 Å². The first kappa shape index (κ1) is 16.5. The van der Waals surface area contributed by atoms with Crippen LogP contribution in [0.1, 0.15) is 16.1 Å². The van der Waals surface area contributed by atoms with Crippen molar-refractivity contribution >= 4 is 16.9 Å². The summed E-state index contributed by atoms with van der Waals surface area (Å²) in [7, 11) is 3.26. The first-order valence-corrected chi connectivity index (χ1v) is 7.25. The summed E-state index contributed by atoms with van der Waals surface area (Å²) in [6.07, 6.45) is 0. The van der Waals surface area contributed by atoms with E-state index in [1.54, 1.807) is 14.2 Å². The normalized spacial score (nSPS) is 11.0. The van der Waals surface area contributed by atoms with E-state index in [4.69, 9.17) is 13.9 Å². The van der Waals surface area contributed by atoms with Crippen molar-refractivity contribution in [1.29, 1.82) is 0 Å². The standard InChI is InChI=1S/C16H22N2O4/c1-20-10-9-17-7-8-18-16(19)15-13(11-21-2)12-5-3-4-6-14(12)22-15/h3-6,17H,7-11H2,1-2H3,(H,18,19). The lowest BCUT2D eigenvalue weighted by Crippen LogP contribution is -2.33. The second kappa shape index (κ2) is 8.53. The topological polar surface area (TPSA) is 72.7 Å². The molecular formula is C16H22N2O4. The maximum Gasteiger partial charge on any atom is 0.287 e. The SMILES string of the molecule is COCCNCCNC(=O)c1oc2ccccc2c1COC. The average molecular weight is 306 g/mol. The van der Waals surface area contributed by atoms with E-state index >= 15 is 0 Å². The lowest BCUT2D eigenvalue weighted by atomic mass is 10.1. The molecule has 1 heterocycles. The van der Waals surface area contributed by atoms with Gasteiger partial charge in [-0.1, -0.05) is 18.2 Å². The van der Waals surface area contributed by atoms with Crippen molar-refractivity contribution in [2.75, 3.05) is 40.5 Å². The van der Waals surface area contributed by atoms with Crippen LogP contribution in [-0.2, 0) is 16.1 Å². The van der Waals surface area contributed by atoms with Crippen molar-refractivity contribution in [3.63, 3.8) is 0 Å². The molecule has 0 saturated carbocycles. The molecule has 0 radical (unpaired) electrons. The largest absolute Gasteiger partial charge is 0.451 e. The number of methoxy groups -OCH3 is 2. The molecule has 2 rings (SSSR count). The van der Waals surface area contributed by atoms with Crippen LogP contribution in [0.3, 0.4) is 0 Å². The molecule has 0 aliphatic carbocycles. The molecule has 0 aliphatic heterocycles. The lowest BCUT2D eigenvalue weighted by molar-refractivity contribution is 0.0921. The van der Waals surface area contributed by atoms with Crippen LogP contribution in [0, 0.1) is 0 Å². The minimum absolute atomic E-state index is 0.225. The Bertz CT molecular complexity index is 609. The van der Waals surface area contributed by atoms with Crippen molar-refractivity contribution in [2.24, 2.45) is 0 Å². The lowest BCUT2D eigenvalue weighted by Gasteiger charge is -2.06. The van der Waals surface area contributed by atoms with Crippen LogP contribution < -0.4 is 10.6 Å². The number of furan rings is 1. The molecule has 0 saturated heterocycles. The number of ether oxygens (including phenoxy) is 2. The third-order valence-corrected chi connectivity index (χ3v) is 3.26. The average Bonchev–Trinajstić information content (AvgIpc) is 2.90. The summed E-state index contributed by atoms with van der Waals surface area (Å²) >= 11 is 0. The van der Waals surface area contributed by atoms with E-state index in [0.29, 0.717) is 37.6 Å². The zero-order valence-electron chi connectivity index (χ0n) is 13.0. The molecule has 0 bridgehead atoms. The second-order valence-electron chi connectivity index (χ2n) is 4.84. The zero-order chi connectivity index (χ0) is 15.8. The maximum absolute atomic E-state index is 12.3. The number of carbonyl (C=O) groups is 1. The predicted octanol–water partition coefficient (Wildman–Crippen LogP) is 1.54. The molecule has 6 heteroatoms. The van der Waals surface area contributed by atoms with Crippen molar-refractivity contribution in [3.8, 4) is 0 Å². The van der Waals surface area contributed by atoms with E-state index in [-0.39, 0.29) is 5.91 Å². The molecule has 1 amide bonds. The van der Waals surface area contributed by atoms with Gasteiger partial charge in [-0.05, 0) is 6.07 Å². The van der Waals surface area contributed by atoms with Gasteiger partial charge in [0.1, 0.15) is 5.58 Å². The van der Waals surface area contributed by atoms with E-state index in [1.165, 1.54) is 0 Å². The van der Waals surface area contributed by atoms with E-state index in [2.05, 4.69) is 10.6 Å². The number of hydrogen-bond donors (Lipinski definition) is 2. The highest BCUT2D eigenvalue weighted by molar-refractivity contribution is 5.99. The molecule has 0 fully saturated rings. The Hall–Kier alpha value is -1.89. The van der Waals surface area contributed by atoms with Gasteiger partial charge in [0.05, 0.1) is 13.2 Å². The monoisotopic (exact) mass is 306 g/mol. The molecule has 1 aromatic carbocycles.